The van der Waals surface area contributed by atoms with Crippen LogP contribution in [0.3, 0.4) is 0 Å². The van der Waals surface area contributed by atoms with E-state index in [1.54, 1.807) is 39.2 Å². The van der Waals surface area contributed by atoms with Gasteiger partial charge in [-0.3, -0.25) is 0 Å². The van der Waals surface area contributed by atoms with Gasteiger partial charge in [-0.2, -0.15) is 0 Å². The van der Waals surface area contributed by atoms with Crippen molar-refractivity contribution in [3.05, 3.63) is 53.2 Å². The third-order valence-corrected chi connectivity index (χ3v) is 5.03. The molecule has 0 spiro atoms. The molecule has 0 fully saturated rings. The van der Waals surface area contributed by atoms with E-state index in [0.29, 0.717) is 23.3 Å². The van der Waals surface area contributed by atoms with Crippen LogP contribution >= 0.6 is 0 Å². The van der Waals surface area contributed by atoms with E-state index in [4.69, 9.17) is 4.42 Å². The summed E-state index contributed by atoms with van der Waals surface area (Å²) >= 11 is 0. The normalized spacial score (nSPS) is 13.3. The molecule has 0 aliphatic heterocycles. The van der Waals surface area contributed by atoms with Crippen molar-refractivity contribution in [2.24, 2.45) is 0 Å². The molecule has 0 radical (unpaired) electrons. The first-order chi connectivity index (χ1) is 9.79. The number of sulfonamides is 1. The van der Waals surface area contributed by atoms with Crippen LogP contribution in [0.25, 0.3) is 0 Å². The van der Waals surface area contributed by atoms with Crippen LogP contribution in [0.15, 0.2) is 39.8 Å². The fourth-order valence-corrected chi connectivity index (χ4v) is 4.11. The molecule has 1 heterocycles. The Morgan fingerprint density at radius 1 is 1.29 bits per heavy atom. The van der Waals surface area contributed by atoms with E-state index in [1.165, 1.54) is 12.1 Å². The lowest BCUT2D eigenvalue weighted by Gasteiger charge is -2.16. The average Bonchev–Trinajstić information content (AvgIpc) is 2.78. The summed E-state index contributed by atoms with van der Waals surface area (Å²) in [5.74, 6) is 0.269. The second-order valence-corrected chi connectivity index (χ2v) is 6.83. The maximum atomic E-state index is 13.3. The van der Waals surface area contributed by atoms with Gasteiger partial charge in [-0.25, -0.2) is 17.5 Å². The standard InChI is InChI=1S/C15H18FNO3S/c1-10-7-13(16)8-11(2)15(10)21(18,19)17-12(3)9-14-5-4-6-20-14/h4-8,12,17H,9H2,1-3H3. The molecule has 0 amide bonds. The first kappa shape index (κ1) is 15.7. The highest BCUT2D eigenvalue weighted by Crippen LogP contribution is 2.21. The summed E-state index contributed by atoms with van der Waals surface area (Å²) in [5, 5.41) is 0. The molecule has 2 rings (SSSR count). The van der Waals surface area contributed by atoms with Gasteiger partial charge < -0.3 is 4.42 Å². The van der Waals surface area contributed by atoms with Gasteiger partial charge in [-0.05, 0) is 56.2 Å². The van der Waals surface area contributed by atoms with Crippen LogP contribution in [0.2, 0.25) is 0 Å². The summed E-state index contributed by atoms with van der Waals surface area (Å²) in [6, 6.07) is 5.66. The van der Waals surface area contributed by atoms with Crippen LogP contribution in [0.4, 0.5) is 4.39 Å². The van der Waals surface area contributed by atoms with Crippen LogP contribution in [0.1, 0.15) is 23.8 Å². The van der Waals surface area contributed by atoms with Crippen molar-refractivity contribution in [3.8, 4) is 0 Å². The summed E-state index contributed by atoms with van der Waals surface area (Å²) in [6.07, 6.45) is 2.00. The highest BCUT2D eigenvalue weighted by molar-refractivity contribution is 7.89. The van der Waals surface area contributed by atoms with Crippen molar-refractivity contribution >= 4 is 10.0 Å². The molecule has 0 bridgehead atoms. The lowest BCUT2D eigenvalue weighted by molar-refractivity contribution is 0.479. The zero-order chi connectivity index (χ0) is 15.6. The molecule has 21 heavy (non-hydrogen) atoms. The summed E-state index contributed by atoms with van der Waals surface area (Å²) in [4.78, 5) is 0.134. The molecule has 114 valence electrons. The summed E-state index contributed by atoms with van der Waals surface area (Å²) in [5.41, 5.74) is 0.787. The van der Waals surface area contributed by atoms with Crippen LogP contribution in [0.5, 0.6) is 0 Å². The molecular weight excluding hydrogens is 293 g/mol. The monoisotopic (exact) mass is 311 g/mol. The topological polar surface area (TPSA) is 59.3 Å². The Balaban J connectivity index is 2.22. The van der Waals surface area contributed by atoms with Crippen LogP contribution in [0, 0.1) is 19.7 Å². The van der Waals surface area contributed by atoms with Gasteiger partial charge in [0.05, 0.1) is 11.2 Å². The zero-order valence-electron chi connectivity index (χ0n) is 12.2. The lowest BCUT2D eigenvalue weighted by atomic mass is 10.1. The molecule has 1 aromatic carbocycles. The highest BCUT2D eigenvalue weighted by atomic mass is 32.2. The third kappa shape index (κ3) is 3.71. The molecule has 0 aliphatic rings. The van der Waals surface area contributed by atoms with Crippen molar-refractivity contribution in [1.29, 1.82) is 0 Å². The van der Waals surface area contributed by atoms with Crippen molar-refractivity contribution in [2.75, 3.05) is 0 Å². The van der Waals surface area contributed by atoms with Gasteiger partial charge in [0.1, 0.15) is 11.6 Å². The number of hydrogen-bond donors (Lipinski definition) is 1. The zero-order valence-corrected chi connectivity index (χ0v) is 13.0. The molecular formula is C15H18FNO3S. The average molecular weight is 311 g/mol. The lowest BCUT2D eigenvalue weighted by Crippen LogP contribution is -2.34. The van der Waals surface area contributed by atoms with Gasteiger partial charge in [0, 0.05) is 12.5 Å². The van der Waals surface area contributed by atoms with E-state index < -0.39 is 15.8 Å². The summed E-state index contributed by atoms with van der Waals surface area (Å²) in [7, 11) is -3.70. The van der Waals surface area contributed by atoms with E-state index in [9.17, 15) is 12.8 Å². The smallest absolute Gasteiger partial charge is 0.241 e. The third-order valence-electron chi connectivity index (χ3n) is 3.14. The molecule has 1 aromatic heterocycles. The Morgan fingerprint density at radius 3 is 2.43 bits per heavy atom. The second-order valence-electron chi connectivity index (χ2n) is 5.17. The molecule has 1 atom stereocenters. The van der Waals surface area contributed by atoms with Gasteiger partial charge in [-0.1, -0.05) is 0 Å². The molecule has 0 saturated heterocycles. The molecule has 6 heteroatoms. The van der Waals surface area contributed by atoms with Crippen molar-refractivity contribution < 1.29 is 17.2 Å². The minimum atomic E-state index is -3.70. The molecule has 0 saturated carbocycles. The minimum Gasteiger partial charge on any atom is -0.469 e. The SMILES string of the molecule is Cc1cc(F)cc(C)c1S(=O)(=O)NC(C)Cc1ccco1. The molecule has 2 aromatic rings. The van der Waals surface area contributed by atoms with Gasteiger partial charge in [0.2, 0.25) is 10.0 Å². The number of nitrogens with one attached hydrogen (secondary N) is 1. The van der Waals surface area contributed by atoms with Gasteiger partial charge in [0.25, 0.3) is 0 Å². The minimum absolute atomic E-state index is 0.134. The van der Waals surface area contributed by atoms with Gasteiger partial charge >= 0.3 is 0 Å². The Kier molecular flexibility index (Phi) is 4.49. The van der Waals surface area contributed by atoms with Gasteiger partial charge in [-0.15, -0.1) is 0 Å². The van der Waals surface area contributed by atoms with Crippen molar-refractivity contribution in [1.82, 2.24) is 4.72 Å². The predicted octanol–water partition coefficient (Wildman–Crippen LogP) is 2.95. The van der Waals surface area contributed by atoms with E-state index in [1.807, 2.05) is 0 Å². The molecule has 4 nitrogen and oxygen atoms in total. The Bertz CT molecular complexity index is 700. The summed E-state index contributed by atoms with van der Waals surface area (Å²) in [6.45, 7) is 4.93. The molecule has 1 unspecified atom stereocenters. The fourth-order valence-electron chi connectivity index (χ4n) is 2.42. The maximum Gasteiger partial charge on any atom is 0.241 e. The van der Waals surface area contributed by atoms with E-state index in [2.05, 4.69) is 4.72 Å². The maximum absolute atomic E-state index is 13.3. The van der Waals surface area contributed by atoms with Crippen LogP contribution in [-0.4, -0.2) is 14.5 Å². The quantitative estimate of drug-likeness (QED) is 0.923. The summed E-state index contributed by atoms with van der Waals surface area (Å²) < 4.78 is 46.0. The number of furan rings is 1. The number of aryl methyl sites for hydroxylation is 2. The van der Waals surface area contributed by atoms with Gasteiger partial charge in [0.15, 0.2) is 0 Å². The first-order valence-electron chi connectivity index (χ1n) is 6.61. The second kappa shape index (κ2) is 5.99. The number of rotatable bonds is 5. The number of hydrogen-bond acceptors (Lipinski definition) is 3. The Labute approximate surface area is 124 Å². The highest BCUT2D eigenvalue weighted by Gasteiger charge is 2.22. The van der Waals surface area contributed by atoms with Crippen LogP contribution in [-0.2, 0) is 16.4 Å². The van der Waals surface area contributed by atoms with E-state index in [-0.39, 0.29) is 10.9 Å². The van der Waals surface area contributed by atoms with Crippen molar-refractivity contribution in [3.63, 3.8) is 0 Å². The molecule has 1 N–H and O–H groups in total. The predicted molar refractivity (Wildman–Crippen MR) is 78.1 cm³/mol. The Morgan fingerprint density at radius 2 is 1.90 bits per heavy atom. The number of halogens is 1. The Hall–Kier alpha value is -1.66. The van der Waals surface area contributed by atoms with E-state index >= 15 is 0 Å². The molecule has 0 aliphatic carbocycles. The van der Waals surface area contributed by atoms with E-state index in [0.717, 1.165) is 0 Å². The van der Waals surface area contributed by atoms with Crippen LogP contribution < -0.4 is 4.72 Å². The fraction of sp³-hybridized carbons (Fsp3) is 0.333. The number of benzene rings is 1. The first-order valence-corrected chi connectivity index (χ1v) is 8.09. The largest absolute Gasteiger partial charge is 0.469 e. The van der Waals surface area contributed by atoms with Crippen molar-refractivity contribution in [2.45, 2.75) is 38.1 Å².